The van der Waals surface area contributed by atoms with Gasteiger partial charge in [0.05, 0.1) is 5.69 Å². The quantitative estimate of drug-likeness (QED) is 0.599. The van der Waals surface area contributed by atoms with Crippen LogP contribution >= 0.6 is 22.9 Å². The number of aromatic nitrogens is 1. The SMILES string of the molecule is CC(C)c1ccc(OCC(=O)Nc2nc(-c3ccc(Cl)cc3)cs2)cc1. The summed E-state index contributed by atoms with van der Waals surface area (Å²) in [7, 11) is 0. The molecule has 0 aliphatic rings. The molecule has 0 unspecified atom stereocenters. The lowest BCUT2D eigenvalue weighted by Crippen LogP contribution is -2.20. The summed E-state index contributed by atoms with van der Waals surface area (Å²) in [6.45, 7) is 4.21. The van der Waals surface area contributed by atoms with Gasteiger partial charge in [-0.15, -0.1) is 11.3 Å². The van der Waals surface area contributed by atoms with E-state index in [-0.39, 0.29) is 12.5 Å². The second kappa shape index (κ2) is 8.34. The van der Waals surface area contributed by atoms with Gasteiger partial charge in [-0.3, -0.25) is 10.1 Å². The van der Waals surface area contributed by atoms with Crippen LogP contribution in [0.25, 0.3) is 11.3 Å². The van der Waals surface area contributed by atoms with Crippen molar-refractivity contribution in [3.63, 3.8) is 0 Å². The predicted octanol–water partition coefficient (Wildman–Crippen LogP) is 5.60. The molecule has 1 aromatic heterocycles. The average molecular weight is 387 g/mol. The van der Waals surface area contributed by atoms with Crippen molar-refractivity contribution in [3.8, 4) is 17.0 Å². The zero-order valence-corrected chi connectivity index (χ0v) is 16.1. The van der Waals surface area contributed by atoms with Crippen LogP contribution in [0.5, 0.6) is 5.75 Å². The first kappa shape index (κ1) is 18.4. The molecule has 0 radical (unpaired) electrons. The number of hydrogen-bond donors (Lipinski definition) is 1. The van der Waals surface area contributed by atoms with Gasteiger partial charge in [0.2, 0.25) is 0 Å². The van der Waals surface area contributed by atoms with E-state index in [9.17, 15) is 4.79 Å². The van der Waals surface area contributed by atoms with Crippen molar-refractivity contribution in [2.24, 2.45) is 0 Å². The van der Waals surface area contributed by atoms with Gasteiger partial charge in [0.15, 0.2) is 11.7 Å². The van der Waals surface area contributed by atoms with Crippen molar-refractivity contribution in [1.29, 1.82) is 0 Å². The van der Waals surface area contributed by atoms with Crippen molar-refractivity contribution in [2.45, 2.75) is 19.8 Å². The van der Waals surface area contributed by atoms with Gasteiger partial charge in [-0.2, -0.15) is 0 Å². The molecule has 6 heteroatoms. The summed E-state index contributed by atoms with van der Waals surface area (Å²) in [6.07, 6.45) is 0. The van der Waals surface area contributed by atoms with Gasteiger partial charge in [0, 0.05) is 16.0 Å². The fourth-order valence-corrected chi connectivity index (χ4v) is 3.20. The van der Waals surface area contributed by atoms with Crippen molar-refractivity contribution in [1.82, 2.24) is 4.98 Å². The summed E-state index contributed by atoms with van der Waals surface area (Å²) in [4.78, 5) is 16.5. The molecule has 3 rings (SSSR count). The number of ether oxygens (including phenoxy) is 1. The Morgan fingerprint density at radius 3 is 2.50 bits per heavy atom. The number of nitrogens with one attached hydrogen (secondary N) is 1. The highest BCUT2D eigenvalue weighted by molar-refractivity contribution is 7.14. The average Bonchev–Trinajstić information content (AvgIpc) is 3.09. The maximum Gasteiger partial charge on any atom is 0.264 e. The molecule has 26 heavy (non-hydrogen) atoms. The number of nitrogens with zero attached hydrogens (tertiary/aromatic N) is 1. The van der Waals surface area contributed by atoms with E-state index < -0.39 is 0 Å². The van der Waals surface area contributed by atoms with E-state index in [1.54, 1.807) is 0 Å². The molecule has 0 saturated carbocycles. The van der Waals surface area contributed by atoms with Crippen LogP contribution in [0.4, 0.5) is 5.13 Å². The van der Waals surface area contributed by atoms with Crippen molar-refractivity contribution in [3.05, 3.63) is 64.5 Å². The summed E-state index contributed by atoms with van der Waals surface area (Å²) >= 11 is 7.27. The van der Waals surface area contributed by atoms with Crippen molar-refractivity contribution in [2.75, 3.05) is 11.9 Å². The second-order valence-corrected chi connectivity index (χ2v) is 7.40. The number of amides is 1. The molecule has 0 aliphatic carbocycles. The van der Waals surface area contributed by atoms with Gasteiger partial charge in [0.25, 0.3) is 5.91 Å². The summed E-state index contributed by atoms with van der Waals surface area (Å²) in [6, 6.07) is 15.2. The number of halogens is 1. The molecule has 1 N–H and O–H groups in total. The van der Waals surface area contributed by atoms with E-state index >= 15 is 0 Å². The monoisotopic (exact) mass is 386 g/mol. The van der Waals surface area contributed by atoms with Crippen LogP contribution in [0, 0.1) is 0 Å². The molecule has 0 atom stereocenters. The fourth-order valence-electron chi connectivity index (χ4n) is 2.34. The zero-order chi connectivity index (χ0) is 18.5. The van der Waals surface area contributed by atoms with Gasteiger partial charge < -0.3 is 4.74 Å². The number of rotatable bonds is 6. The Hall–Kier alpha value is -2.37. The van der Waals surface area contributed by atoms with Crippen molar-refractivity contribution >= 4 is 34.0 Å². The highest BCUT2D eigenvalue weighted by Crippen LogP contribution is 2.26. The second-order valence-electron chi connectivity index (χ2n) is 6.11. The summed E-state index contributed by atoms with van der Waals surface area (Å²) in [5, 5.41) is 5.87. The normalized spacial score (nSPS) is 10.8. The van der Waals surface area contributed by atoms with E-state index in [4.69, 9.17) is 16.3 Å². The standard InChI is InChI=1S/C20H19ClN2O2S/c1-13(2)14-5-9-17(10-6-14)25-11-19(24)23-20-22-18(12-26-20)15-3-7-16(21)8-4-15/h3-10,12-13H,11H2,1-2H3,(H,22,23,24). The van der Waals surface area contributed by atoms with Gasteiger partial charge in [0.1, 0.15) is 5.75 Å². The number of carbonyl (C=O) groups excluding carboxylic acids is 1. The van der Waals surface area contributed by atoms with E-state index in [0.717, 1.165) is 11.3 Å². The minimum Gasteiger partial charge on any atom is -0.484 e. The third-order valence-corrected chi connectivity index (χ3v) is 4.82. The third kappa shape index (κ3) is 4.84. The molecule has 3 aromatic rings. The molecular formula is C20H19ClN2O2S. The fraction of sp³-hybridized carbons (Fsp3) is 0.200. The largest absolute Gasteiger partial charge is 0.484 e. The number of thiazole rings is 1. The molecule has 4 nitrogen and oxygen atoms in total. The van der Waals surface area contributed by atoms with Crippen molar-refractivity contribution < 1.29 is 9.53 Å². The lowest BCUT2D eigenvalue weighted by Gasteiger charge is -2.08. The Labute approximate surface area is 161 Å². The van der Waals surface area contributed by atoms with E-state index in [1.165, 1.54) is 16.9 Å². The molecule has 0 saturated heterocycles. The van der Waals surface area contributed by atoms with Gasteiger partial charge >= 0.3 is 0 Å². The van der Waals surface area contributed by atoms with Gasteiger partial charge in [-0.05, 0) is 35.7 Å². The Morgan fingerprint density at radius 2 is 1.85 bits per heavy atom. The molecule has 0 aliphatic heterocycles. The lowest BCUT2D eigenvalue weighted by molar-refractivity contribution is -0.118. The molecule has 134 valence electrons. The Bertz CT molecular complexity index is 874. The van der Waals surface area contributed by atoms with E-state index in [0.29, 0.717) is 21.8 Å². The highest BCUT2D eigenvalue weighted by Gasteiger charge is 2.09. The summed E-state index contributed by atoms with van der Waals surface area (Å²) < 4.78 is 5.53. The summed E-state index contributed by atoms with van der Waals surface area (Å²) in [5.41, 5.74) is 2.99. The third-order valence-electron chi connectivity index (χ3n) is 3.81. The Kier molecular flexibility index (Phi) is 5.91. The number of benzene rings is 2. The first-order valence-electron chi connectivity index (χ1n) is 8.25. The Morgan fingerprint density at radius 1 is 1.15 bits per heavy atom. The van der Waals surface area contributed by atoms with Crippen LogP contribution in [0.2, 0.25) is 5.02 Å². The highest BCUT2D eigenvalue weighted by atomic mass is 35.5. The van der Waals surface area contributed by atoms with Crippen LogP contribution in [-0.4, -0.2) is 17.5 Å². The minimum atomic E-state index is -0.241. The number of carbonyl (C=O) groups is 1. The molecular weight excluding hydrogens is 368 g/mol. The maximum atomic E-state index is 12.1. The Balaban J connectivity index is 1.54. The minimum absolute atomic E-state index is 0.0586. The molecule has 0 fully saturated rings. The van der Waals surface area contributed by atoms with Crippen LogP contribution in [0.1, 0.15) is 25.3 Å². The zero-order valence-electron chi connectivity index (χ0n) is 14.5. The number of anilines is 1. The van der Waals surface area contributed by atoms with Crippen LogP contribution in [0.3, 0.4) is 0 Å². The molecule has 1 amide bonds. The molecule has 1 heterocycles. The van der Waals surface area contributed by atoms with Gasteiger partial charge in [-0.25, -0.2) is 4.98 Å². The summed E-state index contributed by atoms with van der Waals surface area (Å²) in [5.74, 6) is 0.896. The first-order chi connectivity index (χ1) is 12.5. The number of hydrogen-bond acceptors (Lipinski definition) is 4. The van der Waals surface area contributed by atoms with Crippen LogP contribution < -0.4 is 10.1 Å². The first-order valence-corrected chi connectivity index (χ1v) is 9.51. The van der Waals surface area contributed by atoms with E-state index in [1.807, 2.05) is 53.9 Å². The predicted molar refractivity (Wildman–Crippen MR) is 107 cm³/mol. The molecule has 2 aromatic carbocycles. The van der Waals surface area contributed by atoms with Gasteiger partial charge in [-0.1, -0.05) is 49.7 Å². The maximum absolute atomic E-state index is 12.1. The van der Waals surface area contributed by atoms with E-state index in [2.05, 4.69) is 24.1 Å². The lowest BCUT2D eigenvalue weighted by atomic mass is 10.0. The van der Waals surface area contributed by atoms with Crippen LogP contribution in [-0.2, 0) is 4.79 Å². The molecule has 0 bridgehead atoms. The molecule has 0 spiro atoms. The topological polar surface area (TPSA) is 51.2 Å². The smallest absolute Gasteiger partial charge is 0.264 e. The van der Waals surface area contributed by atoms with Crippen LogP contribution in [0.15, 0.2) is 53.9 Å².